The van der Waals surface area contributed by atoms with Crippen LogP contribution in [0.4, 0.5) is 0 Å². The number of carbonyl (C=O) groups excluding carboxylic acids is 2. The van der Waals surface area contributed by atoms with Gasteiger partial charge in [0.05, 0.1) is 24.7 Å². The molecule has 0 bridgehead atoms. The number of sulfone groups is 1. The molecule has 25 heavy (non-hydrogen) atoms. The maximum absolute atomic E-state index is 12.6. The van der Waals surface area contributed by atoms with Crippen molar-refractivity contribution in [3.05, 3.63) is 29.3 Å². The van der Waals surface area contributed by atoms with Crippen molar-refractivity contribution < 1.29 is 22.7 Å². The molecule has 1 aromatic rings. The first kappa shape index (κ1) is 19.4. The molecule has 1 aromatic carbocycles. The van der Waals surface area contributed by atoms with Gasteiger partial charge in [-0.3, -0.25) is 9.59 Å². The molecule has 0 aliphatic carbocycles. The molecular formula is C17H24N2O5S. The summed E-state index contributed by atoms with van der Waals surface area (Å²) in [6, 6.07) is 4.65. The van der Waals surface area contributed by atoms with Gasteiger partial charge in [-0.1, -0.05) is 13.0 Å². The van der Waals surface area contributed by atoms with Crippen LogP contribution in [0, 0.1) is 0 Å². The van der Waals surface area contributed by atoms with E-state index in [4.69, 9.17) is 4.74 Å². The van der Waals surface area contributed by atoms with E-state index in [1.54, 1.807) is 17.0 Å². The van der Waals surface area contributed by atoms with Crippen molar-refractivity contribution in [3.63, 3.8) is 0 Å². The Bertz CT molecular complexity index is 754. The van der Waals surface area contributed by atoms with Crippen LogP contribution in [0.1, 0.15) is 22.8 Å². The number of hydrogen-bond donors (Lipinski definition) is 0. The van der Waals surface area contributed by atoms with E-state index in [1.807, 2.05) is 6.92 Å². The third-order valence-electron chi connectivity index (χ3n) is 4.18. The van der Waals surface area contributed by atoms with Gasteiger partial charge in [0.15, 0.2) is 9.84 Å². The Morgan fingerprint density at radius 1 is 1.24 bits per heavy atom. The van der Waals surface area contributed by atoms with Crippen molar-refractivity contribution in [2.75, 3.05) is 46.2 Å². The molecule has 0 unspecified atom stereocenters. The Labute approximate surface area is 148 Å². The van der Waals surface area contributed by atoms with E-state index in [2.05, 4.69) is 0 Å². The summed E-state index contributed by atoms with van der Waals surface area (Å²) in [6.07, 6.45) is 1.68. The first-order valence-electron chi connectivity index (χ1n) is 8.18. The van der Waals surface area contributed by atoms with Gasteiger partial charge in [0, 0.05) is 32.0 Å². The minimum Gasteiger partial charge on any atom is -0.378 e. The predicted molar refractivity (Wildman–Crippen MR) is 93.3 cm³/mol. The van der Waals surface area contributed by atoms with Crippen LogP contribution in [-0.2, 0) is 25.8 Å². The van der Waals surface area contributed by atoms with E-state index in [1.165, 1.54) is 18.0 Å². The van der Waals surface area contributed by atoms with Gasteiger partial charge in [-0.15, -0.1) is 0 Å². The lowest BCUT2D eigenvalue weighted by atomic mass is 10.1. The van der Waals surface area contributed by atoms with Gasteiger partial charge in [-0.2, -0.15) is 0 Å². The normalized spacial score (nSPS) is 15.1. The number of benzene rings is 1. The summed E-state index contributed by atoms with van der Waals surface area (Å²) < 4.78 is 29.1. The minimum absolute atomic E-state index is 0.0530. The van der Waals surface area contributed by atoms with E-state index in [-0.39, 0.29) is 28.8 Å². The molecule has 0 spiro atoms. The number of hydrogen-bond acceptors (Lipinski definition) is 5. The molecule has 8 heteroatoms. The fourth-order valence-electron chi connectivity index (χ4n) is 2.73. The lowest BCUT2D eigenvalue weighted by molar-refractivity contribution is -0.135. The van der Waals surface area contributed by atoms with Crippen molar-refractivity contribution in [3.8, 4) is 0 Å². The fraction of sp³-hybridized carbons (Fsp3) is 0.529. The molecule has 0 radical (unpaired) electrons. The van der Waals surface area contributed by atoms with Crippen LogP contribution in [0.25, 0.3) is 0 Å². The molecule has 0 N–H and O–H groups in total. The zero-order chi connectivity index (χ0) is 18.6. The Hall–Kier alpha value is -1.93. The molecule has 2 amide bonds. The standard InChI is InChI=1S/C17H24N2O5S/c1-4-13-5-6-14(11-15(13)25(3,22)23)17(21)18(2)12-16(20)19-7-9-24-10-8-19/h5-6,11H,4,7-10,12H2,1-3H3. The van der Waals surface area contributed by atoms with Crippen LogP contribution in [0.15, 0.2) is 23.1 Å². The van der Waals surface area contributed by atoms with Crippen LogP contribution in [0.5, 0.6) is 0 Å². The topological polar surface area (TPSA) is 84.0 Å². The summed E-state index contributed by atoms with van der Waals surface area (Å²) in [5.41, 5.74) is 0.931. The van der Waals surface area contributed by atoms with Crippen LogP contribution in [0.2, 0.25) is 0 Å². The van der Waals surface area contributed by atoms with Crippen LogP contribution >= 0.6 is 0 Å². The fourth-order valence-corrected chi connectivity index (χ4v) is 3.76. The average Bonchev–Trinajstić information content (AvgIpc) is 2.60. The predicted octanol–water partition coefficient (Wildman–Crippen LogP) is 0.583. The minimum atomic E-state index is -3.43. The number of ether oxygens (including phenoxy) is 1. The monoisotopic (exact) mass is 368 g/mol. The molecule has 2 rings (SSSR count). The smallest absolute Gasteiger partial charge is 0.254 e. The zero-order valence-corrected chi connectivity index (χ0v) is 15.6. The first-order valence-corrected chi connectivity index (χ1v) is 10.1. The highest BCUT2D eigenvalue weighted by molar-refractivity contribution is 7.90. The Kier molecular flexibility index (Phi) is 6.18. The van der Waals surface area contributed by atoms with Gasteiger partial charge in [0.2, 0.25) is 5.91 Å². The molecule has 1 aliphatic rings. The third-order valence-corrected chi connectivity index (χ3v) is 5.36. The highest BCUT2D eigenvalue weighted by atomic mass is 32.2. The summed E-state index contributed by atoms with van der Waals surface area (Å²) in [5.74, 6) is -0.526. The van der Waals surface area contributed by atoms with E-state index in [9.17, 15) is 18.0 Å². The van der Waals surface area contributed by atoms with E-state index < -0.39 is 9.84 Å². The van der Waals surface area contributed by atoms with Crippen LogP contribution < -0.4 is 0 Å². The number of carbonyl (C=O) groups is 2. The van der Waals surface area contributed by atoms with Gasteiger partial charge in [0.1, 0.15) is 0 Å². The molecule has 1 heterocycles. The van der Waals surface area contributed by atoms with Gasteiger partial charge in [-0.05, 0) is 24.1 Å². The second-order valence-electron chi connectivity index (χ2n) is 6.10. The van der Waals surface area contributed by atoms with Crippen molar-refractivity contribution in [2.24, 2.45) is 0 Å². The molecule has 0 aromatic heterocycles. The molecular weight excluding hydrogens is 344 g/mol. The number of amides is 2. The van der Waals surface area contributed by atoms with Crippen molar-refractivity contribution in [1.29, 1.82) is 0 Å². The Morgan fingerprint density at radius 2 is 1.88 bits per heavy atom. The van der Waals surface area contributed by atoms with Crippen molar-refractivity contribution in [2.45, 2.75) is 18.2 Å². The molecule has 0 saturated carbocycles. The quantitative estimate of drug-likeness (QED) is 0.759. The Morgan fingerprint density at radius 3 is 2.44 bits per heavy atom. The van der Waals surface area contributed by atoms with Crippen molar-refractivity contribution in [1.82, 2.24) is 9.80 Å². The van der Waals surface area contributed by atoms with Gasteiger partial charge in [-0.25, -0.2) is 8.42 Å². The lowest BCUT2D eigenvalue weighted by Crippen LogP contribution is -2.46. The second kappa shape index (κ2) is 7.97. The number of rotatable bonds is 5. The largest absolute Gasteiger partial charge is 0.378 e. The zero-order valence-electron chi connectivity index (χ0n) is 14.8. The number of morpholine rings is 1. The summed E-state index contributed by atoms with van der Waals surface area (Å²) in [4.78, 5) is 28.0. The number of aryl methyl sites for hydroxylation is 1. The highest BCUT2D eigenvalue weighted by Gasteiger charge is 2.22. The lowest BCUT2D eigenvalue weighted by Gasteiger charge is -2.28. The van der Waals surface area contributed by atoms with Crippen LogP contribution in [0.3, 0.4) is 0 Å². The van der Waals surface area contributed by atoms with E-state index in [0.29, 0.717) is 38.3 Å². The van der Waals surface area contributed by atoms with Crippen LogP contribution in [-0.4, -0.2) is 76.2 Å². The van der Waals surface area contributed by atoms with E-state index >= 15 is 0 Å². The first-order chi connectivity index (χ1) is 11.7. The number of nitrogens with zero attached hydrogens (tertiary/aromatic N) is 2. The molecule has 0 atom stereocenters. The number of likely N-dealkylation sites (N-methyl/N-ethyl adjacent to an activating group) is 1. The summed E-state index contributed by atoms with van der Waals surface area (Å²) >= 11 is 0. The van der Waals surface area contributed by atoms with Gasteiger partial charge < -0.3 is 14.5 Å². The third kappa shape index (κ3) is 4.79. The Balaban J connectivity index is 2.15. The maximum Gasteiger partial charge on any atom is 0.254 e. The van der Waals surface area contributed by atoms with Gasteiger partial charge in [0.25, 0.3) is 5.91 Å². The van der Waals surface area contributed by atoms with Gasteiger partial charge >= 0.3 is 0 Å². The molecule has 1 aliphatic heterocycles. The molecule has 138 valence electrons. The maximum atomic E-state index is 12.6. The van der Waals surface area contributed by atoms with E-state index in [0.717, 1.165) is 6.26 Å². The molecule has 1 fully saturated rings. The summed E-state index contributed by atoms with van der Waals surface area (Å²) in [7, 11) is -1.89. The second-order valence-corrected chi connectivity index (χ2v) is 8.09. The summed E-state index contributed by atoms with van der Waals surface area (Å²) in [6.45, 7) is 3.84. The molecule has 7 nitrogen and oxygen atoms in total. The highest BCUT2D eigenvalue weighted by Crippen LogP contribution is 2.19. The molecule has 1 saturated heterocycles. The SMILES string of the molecule is CCc1ccc(C(=O)N(C)CC(=O)N2CCOCC2)cc1S(C)(=O)=O. The van der Waals surface area contributed by atoms with Crippen molar-refractivity contribution >= 4 is 21.7 Å². The average molecular weight is 368 g/mol. The summed E-state index contributed by atoms with van der Waals surface area (Å²) in [5, 5.41) is 0.